The number of fused-ring (bicyclic) bond motifs is 1. The molecule has 114 valence electrons. The molecule has 3 rings (SSSR count). The maximum absolute atomic E-state index is 11.9. The van der Waals surface area contributed by atoms with Crippen LogP contribution in [0.25, 0.3) is 5.65 Å². The van der Waals surface area contributed by atoms with Gasteiger partial charge in [-0.1, -0.05) is 0 Å². The van der Waals surface area contributed by atoms with Crippen LogP contribution in [0.15, 0.2) is 23.1 Å². The highest BCUT2D eigenvalue weighted by Gasteiger charge is 2.23. The lowest BCUT2D eigenvalue weighted by molar-refractivity contribution is 0.123. The molecule has 2 aromatic rings. The number of H-pyrrole nitrogens is 1. The van der Waals surface area contributed by atoms with Crippen molar-refractivity contribution in [3.8, 4) is 0 Å². The Kier molecular flexibility index (Phi) is 4.07. The number of aliphatic hydroxyl groups excluding tert-OH is 1. The molecule has 1 aliphatic rings. The van der Waals surface area contributed by atoms with Gasteiger partial charge in [0.25, 0.3) is 5.56 Å². The highest BCUT2D eigenvalue weighted by atomic mass is 16.3. The molecular weight excluding hydrogens is 268 g/mol. The number of rotatable bonds is 4. The van der Waals surface area contributed by atoms with Crippen molar-refractivity contribution >= 4 is 5.65 Å². The van der Waals surface area contributed by atoms with Gasteiger partial charge in [0, 0.05) is 37.5 Å². The topological polar surface area (TPSA) is 73.6 Å². The van der Waals surface area contributed by atoms with E-state index in [2.05, 4.69) is 22.0 Å². The van der Waals surface area contributed by atoms with Crippen molar-refractivity contribution in [1.29, 1.82) is 0 Å². The average Bonchev–Trinajstić information content (AvgIpc) is 2.96. The fourth-order valence-electron chi connectivity index (χ4n) is 3.21. The van der Waals surface area contributed by atoms with Gasteiger partial charge in [-0.25, -0.2) is 9.50 Å². The first kappa shape index (κ1) is 14.3. The van der Waals surface area contributed by atoms with E-state index in [4.69, 9.17) is 0 Å². The van der Waals surface area contributed by atoms with Crippen molar-refractivity contribution in [2.45, 2.75) is 38.3 Å². The molecule has 1 aliphatic carbocycles. The molecule has 0 spiro atoms. The summed E-state index contributed by atoms with van der Waals surface area (Å²) in [5.41, 5.74) is 1.40. The summed E-state index contributed by atoms with van der Waals surface area (Å²) in [6, 6.07) is 3.91. The Balaban J connectivity index is 1.68. The molecule has 0 amide bonds. The third kappa shape index (κ3) is 3.01. The minimum atomic E-state index is -0.0719. The van der Waals surface area contributed by atoms with Crippen molar-refractivity contribution in [3.05, 3.63) is 34.4 Å². The van der Waals surface area contributed by atoms with Gasteiger partial charge in [0.1, 0.15) is 0 Å². The van der Waals surface area contributed by atoms with E-state index < -0.39 is 0 Å². The molecule has 6 nitrogen and oxygen atoms in total. The average molecular weight is 290 g/mol. The third-order valence-electron chi connectivity index (χ3n) is 4.54. The number of aromatic nitrogens is 3. The van der Waals surface area contributed by atoms with Crippen LogP contribution in [-0.2, 0) is 6.54 Å². The van der Waals surface area contributed by atoms with E-state index in [1.165, 1.54) is 4.52 Å². The highest BCUT2D eigenvalue weighted by molar-refractivity contribution is 5.36. The number of aliphatic hydroxyl groups is 1. The largest absolute Gasteiger partial charge is 0.396 e. The Labute approximate surface area is 123 Å². The maximum Gasteiger partial charge on any atom is 0.272 e. The normalized spacial score (nSPS) is 23.0. The minimum absolute atomic E-state index is 0.0719. The summed E-state index contributed by atoms with van der Waals surface area (Å²) >= 11 is 0. The molecule has 0 unspecified atom stereocenters. The lowest BCUT2D eigenvalue weighted by Crippen LogP contribution is -2.35. The van der Waals surface area contributed by atoms with Crippen LogP contribution in [0.4, 0.5) is 0 Å². The van der Waals surface area contributed by atoms with Crippen LogP contribution in [0, 0.1) is 5.92 Å². The highest BCUT2D eigenvalue weighted by Crippen LogP contribution is 2.27. The predicted octanol–water partition coefficient (Wildman–Crippen LogP) is 1.01. The van der Waals surface area contributed by atoms with Gasteiger partial charge in [-0.2, -0.15) is 0 Å². The van der Waals surface area contributed by atoms with Gasteiger partial charge in [0.2, 0.25) is 0 Å². The van der Waals surface area contributed by atoms with E-state index in [0.717, 1.165) is 31.4 Å². The summed E-state index contributed by atoms with van der Waals surface area (Å²) in [5, 5.41) is 12.0. The van der Waals surface area contributed by atoms with Gasteiger partial charge >= 0.3 is 0 Å². The fourth-order valence-corrected chi connectivity index (χ4v) is 3.21. The van der Waals surface area contributed by atoms with Gasteiger partial charge in [-0.15, -0.1) is 0 Å². The second kappa shape index (κ2) is 5.99. The number of hydrogen-bond acceptors (Lipinski definition) is 4. The maximum atomic E-state index is 11.9. The van der Waals surface area contributed by atoms with Gasteiger partial charge in [-0.05, 0) is 38.6 Å². The quantitative estimate of drug-likeness (QED) is 0.881. The Morgan fingerprint density at radius 2 is 2.19 bits per heavy atom. The van der Waals surface area contributed by atoms with E-state index in [0.29, 0.717) is 30.8 Å². The summed E-state index contributed by atoms with van der Waals surface area (Å²) in [6.07, 6.45) is 6.09. The molecule has 0 atom stereocenters. The Morgan fingerprint density at radius 3 is 2.90 bits per heavy atom. The first-order valence-electron chi connectivity index (χ1n) is 7.54. The molecule has 1 saturated carbocycles. The smallest absolute Gasteiger partial charge is 0.272 e. The molecular formula is C15H22N4O2. The molecule has 0 aromatic carbocycles. The number of nitrogens with one attached hydrogen (secondary N) is 1. The molecule has 2 heterocycles. The molecule has 2 aromatic heterocycles. The van der Waals surface area contributed by atoms with Gasteiger partial charge in [-0.3, -0.25) is 14.8 Å². The Morgan fingerprint density at radius 1 is 1.43 bits per heavy atom. The SMILES string of the molecule is CN(Cc1cc(=O)n2[nH]ccc2n1)C1CCC(CO)CC1. The first-order valence-corrected chi connectivity index (χ1v) is 7.54. The van der Waals surface area contributed by atoms with Gasteiger partial charge in [0.05, 0.1) is 5.69 Å². The molecule has 1 fully saturated rings. The molecule has 0 bridgehead atoms. The molecule has 2 N–H and O–H groups in total. The molecule has 0 aliphatic heterocycles. The summed E-state index contributed by atoms with van der Waals surface area (Å²) < 4.78 is 1.44. The summed E-state index contributed by atoms with van der Waals surface area (Å²) in [5.74, 6) is 0.466. The van der Waals surface area contributed by atoms with Crippen LogP contribution in [0.5, 0.6) is 0 Å². The summed E-state index contributed by atoms with van der Waals surface area (Å²) in [6.45, 7) is 0.990. The van der Waals surface area contributed by atoms with Crippen molar-refractivity contribution in [2.75, 3.05) is 13.7 Å². The van der Waals surface area contributed by atoms with Crippen molar-refractivity contribution < 1.29 is 5.11 Å². The number of aromatic amines is 1. The van der Waals surface area contributed by atoms with Crippen LogP contribution >= 0.6 is 0 Å². The molecule has 6 heteroatoms. The van der Waals surface area contributed by atoms with E-state index in [-0.39, 0.29) is 5.56 Å². The Hall–Kier alpha value is -1.66. The molecule has 0 saturated heterocycles. The van der Waals surface area contributed by atoms with E-state index in [9.17, 15) is 9.90 Å². The van der Waals surface area contributed by atoms with Crippen LogP contribution in [0.3, 0.4) is 0 Å². The predicted molar refractivity (Wildman–Crippen MR) is 80.1 cm³/mol. The molecule has 0 radical (unpaired) electrons. The molecule has 21 heavy (non-hydrogen) atoms. The monoisotopic (exact) mass is 290 g/mol. The second-order valence-electron chi connectivity index (χ2n) is 6.01. The lowest BCUT2D eigenvalue weighted by atomic mass is 9.86. The zero-order valence-corrected chi connectivity index (χ0v) is 12.3. The Bertz CT molecular complexity index is 655. The van der Waals surface area contributed by atoms with Crippen LogP contribution in [0.1, 0.15) is 31.4 Å². The van der Waals surface area contributed by atoms with Gasteiger partial charge < -0.3 is 5.11 Å². The van der Waals surface area contributed by atoms with Crippen molar-refractivity contribution in [3.63, 3.8) is 0 Å². The number of nitrogens with zero attached hydrogens (tertiary/aromatic N) is 3. The van der Waals surface area contributed by atoms with E-state index in [1.54, 1.807) is 18.3 Å². The fraction of sp³-hybridized carbons (Fsp3) is 0.600. The third-order valence-corrected chi connectivity index (χ3v) is 4.54. The van der Waals surface area contributed by atoms with Crippen LogP contribution < -0.4 is 5.56 Å². The summed E-state index contributed by atoms with van der Waals surface area (Å²) in [7, 11) is 2.09. The zero-order valence-electron chi connectivity index (χ0n) is 12.3. The summed E-state index contributed by atoms with van der Waals surface area (Å²) in [4.78, 5) is 18.7. The lowest BCUT2D eigenvalue weighted by Gasteiger charge is -2.33. The van der Waals surface area contributed by atoms with Crippen molar-refractivity contribution in [2.24, 2.45) is 5.92 Å². The number of hydrogen-bond donors (Lipinski definition) is 2. The minimum Gasteiger partial charge on any atom is -0.396 e. The standard InChI is InChI=1S/C15H22N4O2/c1-18(13-4-2-11(10-20)3-5-13)9-12-8-15(21)19-14(17-12)6-7-16-19/h6-8,11,13,16,20H,2-5,9-10H2,1H3. The van der Waals surface area contributed by atoms with Crippen LogP contribution in [0.2, 0.25) is 0 Å². The van der Waals surface area contributed by atoms with E-state index in [1.807, 2.05) is 0 Å². The zero-order chi connectivity index (χ0) is 14.8. The second-order valence-corrected chi connectivity index (χ2v) is 6.01. The van der Waals surface area contributed by atoms with Crippen LogP contribution in [-0.4, -0.2) is 44.3 Å². The first-order chi connectivity index (χ1) is 10.2. The van der Waals surface area contributed by atoms with Gasteiger partial charge in [0.15, 0.2) is 5.65 Å². The van der Waals surface area contributed by atoms with Crippen molar-refractivity contribution in [1.82, 2.24) is 19.5 Å². The van der Waals surface area contributed by atoms with E-state index >= 15 is 0 Å².